The fraction of sp³-hybridized carbons (Fsp3) is 0.455. The van der Waals surface area contributed by atoms with E-state index < -0.39 is 5.97 Å². The standard InChI is InChI=1S/C11H13NO3S/c13-9-3-1-2-5-12(9)7-8-4-6-16-10(8)11(14)15/h4,6H,1-3,5,7H2,(H,14,15). The van der Waals surface area contributed by atoms with Crippen LogP contribution in [-0.2, 0) is 11.3 Å². The van der Waals surface area contributed by atoms with E-state index in [4.69, 9.17) is 5.11 Å². The zero-order valence-corrected chi connectivity index (χ0v) is 9.63. The van der Waals surface area contributed by atoms with Crippen molar-refractivity contribution >= 4 is 23.2 Å². The van der Waals surface area contributed by atoms with Crippen LogP contribution in [0.15, 0.2) is 11.4 Å². The van der Waals surface area contributed by atoms with Crippen LogP contribution in [0.5, 0.6) is 0 Å². The summed E-state index contributed by atoms with van der Waals surface area (Å²) < 4.78 is 0. The minimum Gasteiger partial charge on any atom is -0.477 e. The van der Waals surface area contributed by atoms with Crippen molar-refractivity contribution in [3.05, 3.63) is 21.9 Å². The lowest BCUT2D eigenvalue weighted by molar-refractivity contribution is -0.133. The highest BCUT2D eigenvalue weighted by Crippen LogP contribution is 2.21. The summed E-state index contributed by atoms with van der Waals surface area (Å²) in [7, 11) is 0. The van der Waals surface area contributed by atoms with Crippen LogP contribution in [0.25, 0.3) is 0 Å². The highest BCUT2D eigenvalue weighted by atomic mass is 32.1. The van der Waals surface area contributed by atoms with Crippen molar-refractivity contribution in [2.75, 3.05) is 6.54 Å². The number of hydrogen-bond acceptors (Lipinski definition) is 3. The summed E-state index contributed by atoms with van der Waals surface area (Å²) in [6, 6.07) is 1.79. The molecular formula is C11H13NO3S. The monoisotopic (exact) mass is 239 g/mol. The second kappa shape index (κ2) is 4.65. The molecule has 1 aromatic rings. The quantitative estimate of drug-likeness (QED) is 0.877. The Morgan fingerprint density at radius 1 is 1.50 bits per heavy atom. The van der Waals surface area contributed by atoms with Gasteiger partial charge in [-0.25, -0.2) is 4.79 Å². The number of carbonyl (C=O) groups excluding carboxylic acids is 1. The molecule has 0 saturated carbocycles. The number of aromatic carboxylic acids is 1. The molecule has 5 heteroatoms. The third kappa shape index (κ3) is 2.24. The molecule has 0 radical (unpaired) electrons. The van der Waals surface area contributed by atoms with Gasteiger partial charge in [0.25, 0.3) is 0 Å². The average Bonchev–Trinajstić information content (AvgIpc) is 2.69. The number of carbonyl (C=O) groups is 2. The van der Waals surface area contributed by atoms with Gasteiger partial charge >= 0.3 is 5.97 Å². The molecule has 0 spiro atoms. The maximum Gasteiger partial charge on any atom is 0.346 e. The van der Waals surface area contributed by atoms with E-state index in [1.807, 2.05) is 0 Å². The number of nitrogens with zero attached hydrogens (tertiary/aromatic N) is 1. The van der Waals surface area contributed by atoms with Gasteiger partial charge in [-0.05, 0) is 29.9 Å². The molecule has 86 valence electrons. The Morgan fingerprint density at radius 3 is 3.00 bits per heavy atom. The van der Waals surface area contributed by atoms with E-state index in [2.05, 4.69) is 0 Å². The molecular weight excluding hydrogens is 226 g/mol. The maximum absolute atomic E-state index is 11.6. The zero-order valence-electron chi connectivity index (χ0n) is 8.81. The molecule has 1 aliphatic rings. The fourth-order valence-electron chi connectivity index (χ4n) is 1.88. The number of hydrogen-bond donors (Lipinski definition) is 1. The van der Waals surface area contributed by atoms with Crippen molar-refractivity contribution in [2.45, 2.75) is 25.8 Å². The van der Waals surface area contributed by atoms with Gasteiger partial charge in [0.15, 0.2) is 0 Å². The van der Waals surface area contributed by atoms with Gasteiger partial charge in [0, 0.05) is 19.5 Å². The van der Waals surface area contributed by atoms with Crippen molar-refractivity contribution in [2.24, 2.45) is 0 Å². The first kappa shape index (κ1) is 11.1. The van der Waals surface area contributed by atoms with Crippen LogP contribution in [0, 0.1) is 0 Å². The molecule has 16 heavy (non-hydrogen) atoms. The predicted molar refractivity (Wildman–Crippen MR) is 60.5 cm³/mol. The number of amides is 1. The number of piperidine rings is 1. The summed E-state index contributed by atoms with van der Waals surface area (Å²) in [5, 5.41) is 10.7. The van der Waals surface area contributed by atoms with Gasteiger partial charge in [0.2, 0.25) is 5.91 Å². The molecule has 1 fully saturated rings. The molecule has 1 aliphatic heterocycles. The van der Waals surface area contributed by atoms with Gasteiger partial charge in [-0.2, -0.15) is 0 Å². The second-order valence-electron chi connectivity index (χ2n) is 3.85. The average molecular weight is 239 g/mol. The SMILES string of the molecule is O=C(O)c1sccc1CN1CCCCC1=O. The first-order valence-corrected chi connectivity index (χ1v) is 6.14. The molecule has 0 bridgehead atoms. The molecule has 0 unspecified atom stereocenters. The van der Waals surface area contributed by atoms with Gasteiger partial charge in [0.1, 0.15) is 4.88 Å². The Balaban J connectivity index is 2.10. The normalized spacial score (nSPS) is 16.5. The molecule has 0 aliphatic carbocycles. The fourth-order valence-corrected chi connectivity index (χ4v) is 2.64. The van der Waals surface area contributed by atoms with Crippen LogP contribution >= 0.6 is 11.3 Å². The van der Waals surface area contributed by atoms with Crippen LogP contribution in [0.1, 0.15) is 34.5 Å². The molecule has 1 amide bonds. The van der Waals surface area contributed by atoms with E-state index in [1.54, 1.807) is 16.3 Å². The zero-order chi connectivity index (χ0) is 11.5. The van der Waals surface area contributed by atoms with Crippen LogP contribution in [0.4, 0.5) is 0 Å². The highest BCUT2D eigenvalue weighted by molar-refractivity contribution is 7.12. The lowest BCUT2D eigenvalue weighted by Crippen LogP contribution is -2.34. The largest absolute Gasteiger partial charge is 0.477 e. The van der Waals surface area contributed by atoms with Crippen molar-refractivity contribution in [3.8, 4) is 0 Å². The Morgan fingerprint density at radius 2 is 2.31 bits per heavy atom. The highest BCUT2D eigenvalue weighted by Gasteiger charge is 2.21. The van der Waals surface area contributed by atoms with Gasteiger partial charge in [-0.15, -0.1) is 11.3 Å². The van der Waals surface area contributed by atoms with Crippen LogP contribution < -0.4 is 0 Å². The van der Waals surface area contributed by atoms with Crippen LogP contribution in [0.2, 0.25) is 0 Å². The molecule has 0 aromatic carbocycles. The summed E-state index contributed by atoms with van der Waals surface area (Å²) in [5.41, 5.74) is 0.743. The van der Waals surface area contributed by atoms with Crippen LogP contribution in [0.3, 0.4) is 0 Å². The Labute approximate surface area is 97.5 Å². The predicted octanol–water partition coefficient (Wildman–Crippen LogP) is 1.96. The summed E-state index contributed by atoms with van der Waals surface area (Å²) >= 11 is 1.21. The first-order valence-electron chi connectivity index (χ1n) is 5.26. The van der Waals surface area contributed by atoms with E-state index in [9.17, 15) is 9.59 Å². The van der Waals surface area contributed by atoms with Gasteiger partial charge < -0.3 is 10.0 Å². The first-order chi connectivity index (χ1) is 7.68. The Kier molecular flexibility index (Phi) is 3.24. The molecule has 1 N–H and O–H groups in total. The van der Waals surface area contributed by atoms with Gasteiger partial charge in [-0.1, -0.05) is 0 Å². The number of rotatable bonds is 3. The topological polar surface area (TPSA) is 57.6 Å². The molecule has 2 rings (SSSR count). The molecule has 2 heterocycles. The van der Waals surface area contributed by atoms with E-state index in [1.165, 1.54) is 11.3 Å². The van der Waals surface area contributed by atoms with Crippen molar-refractivity contribution in [3.63, 3.8) is 0 Å². The number of likely N-dealkylation sites (tertiary alicyclic amines) is 1. The minimum atomic E-state index is -0.908. The smallest absolute Gasteiger partial charge is 0.346 e. The third-order valence-corrected chi connectivity index (χ3v) is 3.67. The maximum atomic E-state index is 11.6. The Hall–Kier alpha value is -1.36. The molecule has 4 nitrogen and oxygen atoms in total. The van der Waals surface area contributed by atoms with Crippen LogP contribution in [-0.4, -0.2) is 28.4 Å². The van der Waals surface area contributed by atoms with Crippen molar-refractivity contribution < 1.29 is 14.7 Å². The molecule has 1 saturated heterocycles. The third-order valence-electron chi connectivity index (χ3n) is 2.72. The Bertz CT molecular complexity index is 413. The summed E-state index contributed by atoms with van der Waals surface area (Å²) in [6.45, 7) is 1.18. The summed E-state index contributed by atoms with van der Waals surface area (Å²) in [5.74, 6) is -0.775. The number of carboxylic acids is 1. The number of carboxylic acid groups (broad SMARTS) is 1. The van der Waals surface area contributed by atoms with E-state index >= 15 is 0 Å². The molecule has 1 aromatic heterocycles. The van der Waals surface area contributed by atoms with Gasteiger partial charge in [0.05, 0.1) is 0 Å². The summed E-state index contributed by atoms with van der Waals surface area (Å²) in [4.78, 5) is 24.6. The molecule has 0 atom stereocenters. The minimum absolute atomic E-state index is 0.133. The van der Waals surface area contributed by atoms with Crippen molar-refractivity contribution in [1.82, 2.24) is 4.90 Å². The second-order valence-corrected chi connectivity index (χ2v) is 4.77. The lowest BCUT2D eigenvalue weighted by Gasteiger charge is -2.26. The van der Waals surface area contributed by atoms with E-state index in [0.29, 0.717) is 17.8 Å². The van der Waals surface area contributed by atoms with Crippen molar-refractivity contribution in [1.29, 1.82) is 0 Å². The number of thiophene rings is 1. The lowest BCUT2D eigenvalue weighted by atomic mass is 10.1. The van der Waals surface area contributed by atoms with E-state index in [0.717, 1.165) is 24.9 Å². The summed E-state index contributed by atoms with van der Waals surface area (Å²) in [6.07, 6.45) is 2.55. The van der Waals surface area contributed by atoms with Gasteiger partial charge in [-0.3, -0.25) is 4.79 Å². The van der Waals surface area contributed by atoms with E-state index in [-0.39, 0.29) is 5.91 Å².